The third-order valence-corrected chi connectivity index (χ3v) is 6.31. The van der Waals surface area contributed by atoms with Gasteiger partial charge in [0.05, 0.1) is 13.0 Å². The van der Waals surface area contributed by atoms with Gasteiger partial charge in [-0.15, -0.1) is 11.3 Å². The molecule has 0 aliphatic rings. The molecule has 0 atom stereocenters. The maximum atomic E-state index is 12.8. The molecule has 0 aliphatic carbocycles. The zero-order chi connectivity index (χ0) is 17.2. The Morgan fingerprint density at radius 2 is 2.17 bits per heavy atom. The Bertz CT molecular complexity index is 801. The minimum Gasteiger partial charge on any atom is -0.481 e. The molecule has 2 aromatic rings. The molecule has 7 nitrogen and oxygen atoms in total. The second-order valence-corrected chi connectivity index (χ2v) is 8.02. The van der Waals surface area contributed by atoms with E-state index < -0.39 is 22.5 Å². The van der Waals surface area contributed by atoms with E-state index in [1.165, 1.54) is 19.2 Å². The predicted octanol–water partition coefficient (Wildman–Crippen LogP) is 1.79. The number of carboxylic acids is 1. The molecule has 0 aromatic carbocycles. The molecule has 0 saturated heterocycles. The highest BCUT2D eigenvalue weighted by atomic mass is 32.2. The van der Waals surface area contributed by atoms with E-state index >= 15 is 0 Å². The first-order chi connectivity index (χ1) is 10.7. The van der Waals surface area contributed by atoms with E-state index in [1.54, 1.807) is 0 Å². The number of nitrogens with zero attached hydrogens (tertiary/aromatic N) is 3. The molecule has 126 valence electrons. The van der Waals surface area contributed by atoms with Crippen LogP contribution in [0.1, 0.15) is 17.3 Å². The highest BCUT2D eigenvalue weighted by molar-refractivity contribution is 7.91. The Morgan fingerprint density at radius 3 is 2.78 bits per heavy atom. The summed E-state index contributed by atoms with van der Waals surface area (Å²) in [6, 6.07) is 2.72. The molecule has 0 unspecified atom stereocenters. The first-order valence-corrected chi connectivity index (χ1v) is 8.54. The molecule has 0 amide bonds. The summed E-state index contributed by atoms with van der Waals surface area (Å²) in [4.78, 5) is 14.8. The minimum atomic E-state index is -3.91. The van der Waals surface area contributed by atoms with E-state index in [0.29, 0.717) is 9.44 Å². The van der Waals surface area contributed by atoms with Gasteiger partial charge in [-0.1, -0.05) is 0 Å². The average Bonchev–Trinajstić information content (AvgIpc) is 3.07. The van der Waals surface area contributed by atoms with Gasteiger partial charge in [-0.05, 0) is 12.1 Å². The molecule has 0 aliphatic heterocycles. The van der Waals surface area contributed by atoms with Crippen LogP contribution >= 0.6 is 11.3 Å². The van der Waals surface area contributed by atoms with E-state index in [1.807, 2.05) is 0 Å². The zero-order valence-corrected chi connectivity index (χ0v) is 13.5. The van der Waals surface area contributed by atoms with E-state index in [-0.39, 0.29) is 23.0 Å². The van der Waals surface area contributed by atoms with Crippen LogP contribution in [0.25, 0.3) is 0 Å². The number of thiophene rings is 1. The summed E-state index contributed by atoms with van der Waals surface area (Å²) in [7, 11) is -2.67. The molecule has 2 rings (SSSR count). The summed E-state index contributed by atoms with van der Waals surface area (Å²) in [5.41, 5.74) is 0. The van der Waals surface area contributed by atoms with Gasteiger partial charge in [-0.3, -0.25) is 9.36 Å². The zero-order valence-electron chi connectivity index (χ0n) is 11.9. The van der Waals surface area contributed by atoms with Gasteiger partial charge in [-0.25, -0.2) is 13.4 Å². The maximum absolute atomic E-state index is 12.8. The molecular formula is C12H13F2N3O4S2. The summed E-state index contributed by atoms with van der Waals surface area (Å²) < 4.78 is 51.7. The van der Waals surface area contributed by atoms with Gasteiger partial charge < -0.3 is 5.11 Å². The minimum absolute atomic E-state index is 0.0496. The number of halogens is 2. The van der Waals surface area contributed by atoms with Gasteiger partial charge in [0.15, 0.2) is 0 Å². The lowest BCUT2D eigenvalue weighted by Crippen LogP contribution is -2.27. The van der Waals surface area contributed by atoms with Crippen molar-refractivity contribution >= 4 is 27.3 Å². The number of carboxylic acid groups (broad SMARTS) is 1. The number of aromatic nitrogens is 2. The van der Waals surface area contributed by atoms with Crippen molar-refractivity contribution in [3.8, 4) is 0 Å². The Hall–Kier alpha value is -1.85. The van der Waals surface area contributed by atoms with Crippen molar-refractivity contribution in [1.29, 1.82) is 0 Å². The monoisotopic (exact) mass is 365 g/mol. The smallest absolute Gasteiger partial charge is 0.319 e. The van der Waals surface area contributed by atoms with Crippen molar-refractivity contribution in [2.75, 3.05) is 7.05 Å². The van der Waals surface area contributed by atoms with Crippen LogP contribution in [0.2, 0.25) is 0 Å². The summed E-state index contributed by atoms with van der Waals surface area (Å²) in [5.74, 6) is -1.16. The second kappa shape index (κ2) is 6.72. The Morgan fingerprint density at radius 1 is 1.48 bits per heavy atom. The van der Waals surface area contributed by atoms with Crippen molar-refractivity contribution in [1.82, 2.24) is 13.9 Å². The maximum Gasteiger partial charge on any atom is 0.319 e. The summed E-state index contributed by atoms with van der Waals surface area (Å²) in [6.45, 7) is -3.14. The van der Waals surface area contributed by atoms with Crippen LogP contribution < -0.4 is 0 Å². The normalized spacial score (nSPS) is 12.2. The Labute approximate surface area is 134 Å². The molecule has 2 aromatic heterocycles. The third-order valence-electron chi connectivity index (χ3n) is 2.95. The number of sulfonamides is 1. The Balaban J connectivity index is 2.20. The lowest BCUT2D eigenvalue weighted by atomic mass is 10.3. The van der Waals surface area contributed by atoms with Gasteiger partial charge in [0, 0.05) is 24.3 Å². The molecule has 0 bridgehead atoms. The number of rotatable bonds is 7. The van der Waals surface area contributed by atoms with Crippen LogP contribution in [-0.4, -0.2) is 40.4 Å². The van der Waals surface area contributed by atoms with Crippen molar-refractivity contribution in [3.63, 3.8) is 0 Å². The number of imidazole rings is 1. The van der Waals surface area contributed by atoms with Gasteiger partial charge in [0.1, 0.15) is 10.0 Å². The topological polar surface area (TPSA) is 92.5 Å². The van der Waals surface area contributed by atoms with Crippen LogP contribution in [0.4, 0.5) is 8.78 Å². The summed E-state index contributed by atoms with van der Waals surface area (Å²) >= 11 is 0.834. The van der Waals surface area contributed by atoms with E-state index in [4.69, 9.17) is 5.11 Å². The third kappa shape index (κ3) is 3.92. The van der Waals surface area contributed by atoms with Crippen LogP contribution in [0.5, 0.6) is 0 Å². The van der Waals surface area contributed by atoms with Crippen molar-refractivity contribution in [2.45, 2.75) is 23.7 Å². The average molecular weight is 365 g/mol. The molecule has 0 radical (unpaired) electrons. The van der Waals surface area contributed by atoms with Crippen LogP contribution in [-0.2, 0) is 27.8 Å². The quantitative estimate of drug-likeness (QED) is 0.807. The van der Waals surface area contributed by atoms with Crippen LogP contribution in [0.3, 0.4) is 0 Å². The largest absolute Gasteiger partial charge is 0.481 e. The van der Waals surface area contributed by atoms with E-state index in [2.05, 4.69) is 4.98 Å². The lowest BCUT2D eigenvalue weighted by Gasteiger charge is -2.16. The molecule has 23 heavy (non-hydrogen) atoms. The molecular weight excluding hydrogens is 352 g/mol. The first-order valence-electron chi connectivity index (χ1n) is 6.28. The fourth-order valence-corrected chi connectivity index (χ4v) is 4.51. The molecule has 0 fully saturated rings. The second-order valence-electron chi connectivity index (χ2n) is 4.58. The van der Waals surface area contributed by atoms with Crippen molar-refractivity contribution < 1.29 is 27.1 Å². The standard InChI is InChI=1S/C12H13F2N3O4S2/c1-16(7-9-15-4-5-17(9)12(13)14)23(20,21)11-3-2-8(22-11)6-10(18)19/h2-5,12H,6-7H2,1H3,(H,18,19). The van der Waals surface area contributed by atoms with E-state index in [0.717, 1.165) is 28.0 Å². The van der Waals surface area contributed by atoms with Gasteiger partial charge in [0.25, 0.3) is 10.0 Å². The molecule has 0 spiro atoms. The predicted molar refractivity (Wildman–Crippen MR) is 77.8 cm³/mol. The summed E-state index contributed by atoms with van der Waals surface area (Å²) in [5, 5.41) is 8.71. The molecule has 1 N–H and O–H groups in total. The van der Waals surface area contributed by atoms with Gasteiger partial charge in [-0.2, -0.15) is 13.1 Å². The van der Waals surface area contributed by atoms with Crippen molar-refractivity contribution in [3.05, 3.63) is 35.2 Å². The molecule has 2 heterocycles. The number of hydrogen-bond acceptors (Lipinski definition) is 5. The van der Waals surface area contributed by atoms with Crippen LogP contribution in [0, 0.1) is 0 Å². The van der Waals surface area contributed by atoms with Crippen LogP contribution in [0.15, 0.2) is 28.7 Å². The fraction of sp³-hybridized carbons (Fsp3) is 0.333. The highest BCUT2D eigenvalue weighted by Crippen LogP contribution is 2.26. The number of alkyl halides is 2. The number of carbonyl (C=O) groups is 1. The first kappa shape index (κ1) is 17.5. The highest BCUT2D eigenvalue weighted by Gasteiger charge is 2.25. The number of aliphatic carboxylic acids is 1. The lowest BCUT2D eigenvalue weighted by molar-refractivity contribution is -0.136. The van der Waals surface area contributed by atoms with Gasteiger partial charge >= 0.3 is 12.5 Å². The SMILES string of the molecule is CN(Cc1nccn1C(F)F)S(=O)(=O)c1ccc(CC(=O)O)s1. The molecule has 11 heteroatoms. The Kier molecular flexibility index (Phi) is 5.12. The van der Waals surface area contributed by atoms with E-state index in [9.17, 15) is 22.0 Å². The fourth-order valence-electron chi connectivity index (χ4n) is 1.82. The van der Waals surface area contributed by atoms with Gasteiger partial charge in [0.2, 0.25) is 0 Å². The number of hydrogen-bond donors (Lipinski definition) is 1. The van der Waals surface area contributed by atoms with Crippen molar-refractivity contribution in [2.24, 2.45) is 0 Å². The summed E-state index contributed by atoms with van der Waals surface area (Å²) in [6.07, 6.45) is 1.95. The molecule has 0 saturated carbocycles.